The lowest BCUT2D eigenvalue weighted by atomic mass is 10.0. The van der Waals surface area contributed by atoms with Gasteiger partial charge in [-0.1, -0.05) is 35.8 Å². The Hall–Kier alpha value is -1.58. The van der Waals surface area contributed by atoms with E-state index in [0.717, 1.165) is 24.5 Å². The monoisotopic (exact) mass is 590 g/mol. The van der Waals surface area contributed by atoms with Crippen molar-refractivity contribution < 1.29 is 19.1 Å². The predicted octanol–water partition coefficient (Wildman–Crippen LogP) is 5.01. The molecule has 156 valence electrons. The summed E-state index contributed by atoms with van der Waals surface area (Å²) in [6.07, 6.45) is 0. The quantitative estimate of drug-likeness (QED) is 0.443. The highest BCUT2D eigenvalue weighted by atomic mass is 79.9. The van der Waals surface area contributed by atoms with E-state index in [0.29, 0.717) is 17.4 Å². The molecule has 2 rings (SSSR count). The van der Waals surface area contributed by atoms with Gasteiger partial charge < -0.3 is 9.47 Å². The Morgan fingerprint density at radius 2 is 1.55 bits per heavy atom. The van der Waals surface area contributed by atoms with E-state index in [4.69, 9.17) is 9.47 Å². The van der Waals surface area contributed by atoms with Crippen LogP contribution in [0.25, 0.3) is 0 Å². The van der Waals surface area contributed by atoms with Crippen molar-refractivity contribution in [2.45, 2.75) is 26.7 Å². The van der Waals surface area contributed by atoms with E-state index in [2.05, 4.69) is 72.5 Å². The lowest BCUT2D eigenvalue weighted by molar-refractivity contribution is -0.131. The van der Waals surface area contributed by atoms with Gasteiger partial charge in [0.05, 0.1) is 8.95 Å². The van der Waals surface area contributed by atoms with Gasteiger partial charge in [0.2, 0.25) is 0 Å². The Labute approximate surface area is 195 Å². The standard InChI is InChI=1S/C20H21Br3N2O4/c1-11(2)13-4-5-17(15(22)7-13)28-9-18(26)24-25-19(27)10-29-20-12(3)6-14(21)8-16(20)23/h4-8,11H,9-10H2,1-3H3,(H,24,26)(H,25,27). The van der Waals surface area contributed by atoms with Crippen LogP contribution >= 0.6 is 47.8 Å². The van der Waals surface area contributed by atoms with Gasteiger partial charge in [-0.05, 0) is 80.1 Å². The highest BCUT2D eigenvalue weighted by molar-refractivity contribution is 9.11. The summed E-state index contributed by atoms with van der Waals surface area (Å²) in [5.74, 6) is 0.527. The van der Waals surface area contributed by atoms with Gasteiger partial charge in [0, 0.05) is 4.47 Å². The third-order valence-electron chi connectivity index (χ3n) is 3.86. The molecule has 0 radical (unpaired) electrons. The Morgan fingerprint density at radius 3 is 2.10 bits per heavy atom. The first-order valence-corrected chi connectivity index (χ1v) is 11.1. The second-order valence-electron chi connectivity index (χ2n) is 6.55. The molecule has 2 aromatic rings. The molecule has 0 atom stereocenters. The molecule has 0 aliphatic rings. The smallest absolute Gasteiger partial charge is 0.276 e. The maximum atomic E-state index is 11.9. The van der Waals surface area contributed by atoms with E-state index in [1.165, 1.54) is 0 Å². The molecule has 0 spiro atoms. The molecule has 2 amide bonds. The molecule has 9 heteroatoms. The molecule has 0 aromatic heterocycles. The van der Waals surface area contributed by atoms with Gasteiger partial charge in [-0.3, -0.25) is 20.4 Å². The molecule has 0 unspecified atom stereocenters. The molecule has 0 heterocycles. The third kappa shape index (κ3) is 7.31. The van der Waals surface area contributed by atoms with E-state index in [9.17, 15) is 9.59 Å². The summed E-state index contributed by atoms with van der Waals surface area (Å²) in [6.45, 7) is 5.58. The minimum Gasteiger partial charge on any atom is -0.483 e. The summed E-state index contributed by atoms with van der Waals surface area (Å²) >= 11 is 10.2. The van der Waals surface area contributed by atoms with E-state index in [1.54, 1.807) is 6.07 Å². The fourth-order valence-electron chi connectivity index (χ4n) is 2.36. The highest BCUT2D eigenvalue weighted by Gasteiger charge is 2.12. The van der Waals surface area contributed by atoms with Gasteiger partial charge in [0.15, 0.2) is 13.2 Å². The molecule has 0 bridgehead atoms. The van der Waals surface area contributed by atoms with Crippen molar-refractivity contribution in [2.24, 2.45) is 0 Å². The van der Waals surface area contributed by atoms with E-state index in [-0.39, 0.29) is 13.2 Å². The van der Waals surface area contributed by atoms with E-state index >= 15 is 0 Å². The van der Waals surface area contributed by atoms with Gasteiger partial charge in [0.25, 0.3) is 11.8 Å². The average molecular weight is 593 g/mol. The number of nitrogens with one attached hydrogen (secondary N) is 2. The molecule has 0 aliphatic heterocycles. The number of carbonyl (C=O) groups is 2. The Kier molecular flexibility index (Phi) is 8.98. The summed E-state index contributed by atoms with van der Waals surface area (Å²) in [5.41, 5.74) is 6.62. The molecule has 0 fully saturated rings. The number of hydrazine groups is 1. The van der Waals surface area contributed by atoms with Crippen molar-refractivity contribution in [3.63, 3.8) is 0 Å². The maximum absolute atomic E-state index is 11.9. The second kappa shape index (κ2) is 11.0. The largest absolute Gasteiger partial charge is 0.483 e. The summed E-state index contributed by atoms with van der Waals surface area (Å²) < 4.78 is 13.4. The van der Waals surface area contributed by atoms with Crippen LogP contribution in [0.3, 0.4) is 0 Å². The summed E-state index contributed by atoms with van der Waals surface area (Å²) in [7, 11) is 0. The summed E-state index contributed by atoms with van der Waals surface area (Å²) in [6, 6.07) is 9.41. The molecule has 6 nitrogen and oxygen atoms in total. The van der Waals surface area contributed by atoms with Gasteiger partial charge >= 0.3 is 0 Å². The lowest BCUT2D eigenvalue weighted by Crippen LogP contribution is -2.45. The van der Waals surface area contributed by atoms with Gasteiger partial charge in [-0.25, -0.2) is 0 Å². The lowest BCUT2D eigenvalue weighted by Gasteiger charge is -2.13. The number of amides is 2. The summed E-state index contributed by atoms with van der Waals surface area (Å²) in [4.78, 5) is 23.8. The molecular formula is C20H21Br3N2O4. The number of hydrogen-bond acceptors (Lipinski definition) is 4. The molecule has 0 saturated heterocycles. The van der Waals surface area contributed by atoms with Gasteiger partial charge in [-0.15, -0.1) is 0 Å². The number of carbonyl (C=O) groups excluding carboxylic acids is 2. The SMILES string of the molecule is Cc1cc(Br)cc(Br)c1OCC(=O)NNC(=O)COc1ccc(C(C)C)cc1Br. The normalized spacial score (nSPS) is 10.6. The molecule has 29 heavy (non-hydrogen) atoms. The van der Waals surface area contributed by atoms with E-state index in [1.807, 2.05) is 31.2 Å². The third-order valence-corrected chi connectivity index (χ3v) is 5.53. The van der Waals surface area contributed by atoms with Crippen LogP contribution in [0.4, 0.5) is 0 Å². The van der Waals surface area contributed by atoms with Crippen molar-refractivity contribution in [1.82, 2.24) is 10.9 Å². The van der Waals surface area contributed by atoms with Crippen molar-refractivity contribution in [3.05, 3.63) is 54.9 Å². The van der Waals surface area contributed by atoms with Crippen LogP contribution in [0.2, 0.25) is 0 Å². The Morgan fingerprint density at radius 1 is 0.931 bits per heavy atom. The fraction of sp³-hybridized carbons (Fsp3) is 0.300. The van der Waals surface area contributed by atoms with Crippen LogP contribution in [0, 0.1) is 6.92 Å². The zero-order chi connectivity index (χ0) is 21.6. The number of halogens is 3. The van der Waals surface area contributed by atoms with Gasteiger partial charge in [-0.2, -0.15) is 0 Å². The van der Waals surface area contributed by atoms with Crippen LogP contribution in [0.1, 0.15) is 30.9 Å². The molecule has 0 saturated carbocycles. The first-order valence-electron chi connectivity index (χ1n) is 8.75. The maximum Gasteiger partial charge on any atom is 0.276 e. The second-order valence-corrected chi connectivity index (χ2v) is 9.18. The Bertz CT molecular complexity index is 880. The fourth-order valence-corrected chi connectivity index (χ4v) is 4.42. The van der Waals surface area contributed by atoms with Crippen molar-refractivity contribution >= 4 is 59.6 Å². The van der Waals surface area contributed by atoms with Crippen molar-refractivity contribution in [3.8, 4) is 11.5 Å². The minimum atomic E-state index is -0.491. The Balaban J connectivity index is 1.77. The van der Waals surface area contributed by atoms with E-state index < -0.39 is 11.8 Å². The van der Waals surface area contributed by atoms with Crippen LogP contribution < -0.4 is 20.3 Å². The summed E-state index contributed by atoms with van der Waals surface area (Å²) in [5, 5.41) is 0. The predicted molar refractivity (Wildman–Crippen MR) is 122 cm³/mol. The van der Waals surface area contributed by atoms with Crippen LogP contribution in [0.15, 0.2) is 43.7 Å². The molecule has 2 N–H and O–H groups in total. The highest BCUT2D eigenvalue weighted by Crippen LogP contribution is 2.32. The zero-order valence-electron chi connectivity index (χ0n) is 16.1. The zero-order valence-corrected chi connectivity index (χ0v) is 20.9. The van der Waals surface area contributed by atoms with Crippen molar-refractivity contribution in [2.75, 3.05) is 13.2 Å². The average Bonchev–Trinajstić information content (AvgIpc) is 2.64. The first-order chi connectivity index (χ1) is 13.7. The van der Waals surface area contributed by atoms with Crippen LogP contribution in [-0.2, 0) is 9.59 Å². The number of ether oxygens (including phenoxy) is 2. The first kappa shape index (κ1) is 23.7. The molecule has 2 aromatic carbocycles. The van der Waals surface area contributed by atoms with Crippen LogP contribution in [0.5, 0.6) is 11.5 Å². The van der Waals surface area contributed by atoms with Crippen molar-refractivity contribution in [1.29, 1.82) is 0 Å². The minimum absolute atomic E-state index is 0.238. The number of rotatable bonds is 7. The topological polar surface area (TPSA) is 76.7 Å². The van der Waals surface area contributed by atoms with Gasteiger partial charge in [0.1, 0.15) is 11.5 Å². The molecule has 0 aliphatic carbocycles. The van der Waals surface area contributed by atoms with Crippen LogP contribution in [-0.4, -0.2) is 25.0 Å². The number of hydrogen-bond donors (Lipinski definition) is 2. The number of benzene rings is 2. The number of aryl methyl sites for hydroxylation is 1. The molecular weight excluding hydrogens is 572 g/mol.